The van der Waals surface area contributed by atoms with Gasteiger partial charge in [-0.3, -0.25) is 9.61 Å². The number of aryl methyl sites for hydroxylation is 1. The summed E-state index contributed by atoms with van der Waals surface area (Å²) in [6.45, 7) is 14.2. The molecule has 0 saturated heterocycles. The van der Waals surface area contributed by atoms with E-state index in [-0.39, 0.29) is 24.8 Å². The molecule has 28 heavy (non-hydrogen) atoms. The van der Waals surface area contributed by atoms with E-state index >= 15 is 0 Å². The van der Waals surface area contributed by atoms with E-state index in [0.717, 1.165) is 17.5 Å². The fourth-order valence-corrected chi connectivity index (χ4v) is 2.73. The lowest BCUT2D eigenvalue weighted by molar-refractivity contribution is -0.0953. The highest BCUT2D eigenvalue weighted by Gasteiger charge is 2.23. The molecule has 2 heterocycles. The summed E-state index contributed by atoms with van der Waals surface area (Å²) in [5.74, 6) is 0.418. The molecule has 1 aromatic carbocycles. The van der Waals surface area contributed by atoms with E-state index in [4.69, 9.17) is 20.8 Å². The van der Waals surface area contributed by atoms with Gasteiger partial charge in [0.2, 0.25) is 5.69 Å². The highest BCUT2D eigenvalue weighted by Crippen LogP contribution is 2.29. The Morgan fingerprint density at radius 2 is 2.07 bits per heavy atom. The molecule has 0 aliphatic heterocycles. The van der Waals surface area contributed by atoms with Gasteiger partial charge in [-0.05, 0) is 18.9 Å². The van der Waals surface area contributed by atoms with Crippen LogP contribution in [0, 0.1) is 6.57 Å². The van der Waals surface area contributed by atoms with Crippen molar-refractivity contribution in [2.24, 2.45) is 0 Å². The van der Waals surface area contributed by atoms with Crippen molar-refractivity contribution in [2.75, 3.05) is 13.6 Å². The quantitative estimate of drug-likeness (QED) is 0.209. The summed E-state index contributed by atoms with van der Waals surface area (Å²) in [4.78, 5) is 20.4. The minimum Gasteiger partial charge on any atom is -0.473 e. The van der Waals surface area contributed by atoms with Gasteiger partial charge in [-0.25, -0.2) is 14.6 Å². The molecule has 0 aliphatic carbocycles. The first-order chi connectivity index (χ1) is 13.5. The molecule has 1 N–H and O–H groups in total. The Bertz CT molecular complexity index is 1060. The summed E-state index contributed by atoms with van der Waals surface area (Å²) in [5.41, 5.74) is 2.64. The Hall–Kier alpha value is -3.57. The van der Waals surface area contributed by atoms with Gasteiger partial charge in [0.25, 0.3) is 0 Å². The Labute approximate surface area is 162 Å². The zero-order valence-corrected chi connectivity index (χ0v) is 15.7. The molecule has 0 saturated carbocycles. The normalized spacial score (nSPS) is 10.6. The zero-order chi connectivity index (χ0) is 20.1. The average Bonchev–Trinajstić information content (AvgIpc) is 3.24. The number of carbonyl (C=O) groups is 1. The molecule has 0 bridgehead atoms. The standard InChI is InChI=1S/C20H20N4O4/c1-5-14-8-6-7-9-15(14)18-22-19-17(16(21-4)10-24(19)23-18)20(25)28-12-26-11-27-13(2)3/h6-10H,2,5,11-12H2,1,3H3,(H,22,23). The molecule has 2 aromatic heterocycles. The van der Waals surface area contributed by atoms with E-state index in [9.17, 15) is 4.79 Å². The van der Waals surface area contributed by atoms with Crippen LogP contribution in [0.3, 0.4) is 0 Å². The first-order valence-corrected chi connectivity index (χ1v) is 8.65. The SMILES string of the molecule is [C-]#[N+]c1cn2[nH]c(-c3ccccc3CC)nc2c1C(=O)OCOCOC(=C)C. The van der Waals surface area contributed by atoms with Crippen molar-refractivity contribution in [3.05, 3.63) is 65.3 Å². The number of carbonyl (C=O) groups excluding carboxylic acids is 1. The summed E-state index contributed by atoms with van der Waals surface area (Å²) in [5, 5.41) is 3.12. The number of H-pyrrole nitrogens is 1. The average molecular weight is 380 g/mol. The molecular formula is C20H20N4O4. The molecule has 8 heteroatoms. The predicted octanol–water partition coefficient (Wildman–Crippen LogP) is 4.08. The lowest BCUT2D eigenvalue weighted by atomic mass is 10.1. The third kappa shape index (κ3) is 3.89. The smallest absolute Gasteiger partial charge is 0.333 e. The third-order valence-corrected chi connectivity index (χ3v) is 4.04. The molecule has 0 fully saturated rings. The number of allylic oxidation sites excluding steroid dienone is 1. The Morgan fingerprint density at radius 1 is 1.32 bits per heavy atom. The first-order valence-electron chi connectivity index (χ1n) is 8.65. The fourth-order valence-electron chi connectivity index (χ4n) is 2.73. The minimum absolute atomic E-state index is 0.0795. The highest BCUT2D eigenvalue weighted by molar-refractivity contribution is 6.02. The van der Waals surface area contributed by atoms with E-state index in [1.165, 1.54) is 6.20 Å². The maximum absolute atomic E-state index is 12.5. The topological polar surface area (TPSA) is 82.2 Å². The van der Waals surface area contributed by atoms with Crippen LogP contribution in [0.1, 0.15) is 29.8 Å². The largest absolute Gasteiger partial charge is 0.473 e. The number of hydrogen-bond donors (Lipinski definition) is 1. The molecule has 0 atom stereocenters. The van der Waals surface area contributed by atoms with Crippen molar-refractivity contribution in [3.8, 4) is 11.4 Å². The molecule has 144 valence electrons. The summed E-state index contributed by atoms with van der Waals surface area (Å²) in [6.07, 6.45) is 2.37. The van der Waals surface area contributed by atoms with Gasteiger partial charge in [-0.1, -0.05) is 37.8 Å². The molecule has 0 spiro atoms. The van der Waals surface area contributed by atoms with Gasteiger partial charge in [-0.15, -0.1) is 0 Å². The second-order valence-corrected chi connectivity index (χ2v) is 6.00. The van der Waals surface area contributed by atoms with Crippen LogP contribution in [-0.2, 0) is 20.6 Å². The minimum atomic E-state index is -0.689. The van der Waals surface area contributed by atoms with Gasteiger partial charge < -0.3 is 14.2 Å². The van der Waals surface area contributed by atoms with E-state index in [0.29, 0.717) is 17.2 Å². The highest BCUT2D eigenvalue weighted by atomic mass is 16.7. The van der Waals surface area contributed by atoms with Crippen LogP contribution in [0.15, 0.2) is 42.8 Å². The molecule has 3 aromatic rings. The molecule has 0 amide bonds. The second-order valence-electron chi connectivity index (χ2n) is 6.00. The Kier molecular flexibility index (Phi) is 5.77. The summed E-state index contributed by atoms with van der Waals surface area (Å²) in [6, 6.07) is 7.88. The van der Waals surface area contributed by atoms with E-state index in [1.54, 1.807) is 11.4 Å². The van der Waals surface area contributed by atoms with Gasteiger partial charge >= 0.3 is 5.97 Å². The van der Waals surface area contributed by atoms with Crippen molar-refractivity contribution in [2.45, 2.75) is 20.3 Å². The summed E-state index contributed by atoms with van der Waals surface area (Å²) < 4.78 is 16.7. The Morgan fingerprint density at radius 3 is 2.79 bits per heavy atom. The molecule has 8 nitrogen and oxygen atoms in total. The van der Waals surface area contributed by atoms with Crippen molar-refractivity contribution < 1.29 is 19.0 Å². The first kappa shape index (κ1) is 19.2. The van der Waals surface area contributed by atoms with Crippen molar-refractivity contribution >= 4 is 17.3 Å². The number of ether oxygens (including phenoxy) is 3. The molecule has 3 rings (SSSR count). The number of aromatic amines is 1. The third-order valence-electron chi connectivity index (χ3n) is 4.04. The van der Waals surface area contributed by atoms with Crippen molar-refractivity contribution in [3.63, 3.8) is 0 Å². The monoisotopic (exact) mass is 380 g/mol. The fraction of sp³-hybridized carbons (Fsp3) is 0.250. The number of aromatic nitrogens is 3. The van der Waals surface area contributed by atoms with Crippen molar-refractivity contribution in [1.29, 1.82) is 0 Å². The number of rotatable bonds is 8. The molecule has 0 unspecified atom stereocenters. The molecular weight excluding hydrogens is 360 g/mol. The number of hydrogen-bond acceptors (Lipinski definition) is 5. The summed E-state index contributed by atoms with van der Waals surface area (Å²) in [7, 11) is 0. The molecule has 0 radical (unpaired) electrons. The number of fused-ring (bicyclic) bond motifs is 1. The van der Waals surface area contributed by atoms with E-state index in [2.05, 4.69) is 28.4 Å². The maximum Gasteiger partial charge on any atom is 0.333 e. The lowest BCUT2D eigenvalue weighted by Crippen LogP contribution is -2.10. The van der Waals surface area contributed by atoms with E-state index in [1.807, 2.05) is 24.3 Å². The predicted molar refractivity (Wildman–Crippen MR) is 103 cm³/mol. The van der Waals surface area contributed by atoms with Crippen LogP contribution in [0.4, 0.5) is 5.69 Å². The van der Waals surface area contributed by atoms with Crippen LogP contribution >= 0.6 is 0 Å². The number of benzene rings is 1. The van der Waals surface area contributed by atoms with Gasteiger partial charge in [0.1, 0.15) is 5.56 Å². The Balaban J connectivity index is 1.85. The number of nitrogens with zero attached hydrogens (tertiary/aromatic N) is 3. The van der Waals surface area contributed by atoms with Gasteiger partial charge in [0.05, 0.1) is 12.3 Å². The lowest BCUT2D eigenvalue weighted by Gasteiger charge is -2.07. The van der Waals surface area contributed by atoms with Gasteiger partial charge in [0, 0.05) is 11.8 Å². The van der Waals surface area contributed by atoms with Gasteiger partial charge in [-0.2, -0.15) is 0 Å². The van der Waals surface area contributed by atoms with Gasteiger partial charge in [0.15, 0.2) is 25.1 Å². The molecule has 0 aliphatic rings. The van der Waals surface area contributed by atoms with Crippen LogP contribution in [0.2, 0.25) is 0 Å². The number of nitrogens with one attached hydrogen (secondary N) is 1. The zero-order valence-electron chi connectivity index (χ0n) is 15.7. The van der Waals surface area contributed by atoms with Crippen molar-refractivity contribution in [1.82, 2.24) is 14.6 Å². The van der Waals surface area contributed by atoms with Crippen LogP contribution in [0.25, 0.3) is 21.9 Å². The maximum atomic E-state index is 12.5. The number of esters is 1. The summed E-state index contributed by atoms with van der Waals surface area (Å²) >= 11 is 0. The second kappa shape index (κ2) is 8.41. The van der Waals surface area contributed by atoms with Crippen LogP contribution in [-0.4, -0.2) is 34.2 Å². The van der Waals surface area contributed by atoms with Crippen LogP contribution < -0.4 is 0 Å². The van der Waals surface area contributed by atoms with Crippen LogP contribution in [0.5, 0.6) is 0 Å². The van der Waals surface area contributed by atoms with E-state index < -0.39 is 5.97 Å².